The van der Waals surface area contributed by atoms with Crippen LogP contribution in [0.1, 0.15) is 12.5 Å². The summed E-state index contributed by atoms with van der Waals surface area (Å²) in [5.74, 6) is -0.525. The molecular weight excluding hydrogens is 334 g/mol. The highest BCUT2D eigenvalue weighted by Gasteiger charge is 2.14. The van der Waals surface area contributed by atoms with Crippen molar-refractivity contribution in [3.05, 3.63) is 70.5 Å². The number of nitro groups is 1. The van der Waals surface area contributed by atoms with Gasteiger partial charge in [-0.3, -0.25) is 14.9 Å². The van der Waals surface area contributed by atoms with Crippen molar-refractivity contribution in [2.45, 2.75) is 13.5 Å². The largest absolute Gasteiger partial charge is 0.330 e. The molecule has 3 aromatic rings. The number of carbonyl (C=O) groups excluding carboxylic acids is 1. The number of imidazole rings is 1. The van der Waals surface area contributed by atoms with Gasteiger partial charge in [-0.1, -0.05) is 19.1 Å². The number of nitrogens with one attached hydrogen (secondary N) is 1. The van der Waals surface area contributed by atoms with Crippen molar-refractivity contribution in [2.24, 2.45) is 11.0 Å². The van der Waals surface area contributed by atoms with E-state index in [-0.39, 0.29) is 17.5 Å². The van der Waals surface area contributed by atoms with Gasteiger partial charge in [0.05, 0.1) is 34.4 Å². The van der Waals surface area contributed by atoms with E-state index < -0.39 is 4.92 Å². The predicted molar refractivity (Wildman–Crippen MR) is 97.7 cm³/mol. The molecule has 0 aliphatic carbocycles. The highest BCUT2D eigenvalue weighted by Crippen LogP contribution is 2.14. The van der Waals surface area contributed by atoms with Crippen molar-refractivity contribution in [3.63, 3.8) is 0 Å². The molecule has 0 saturated heterocycles. The van der Waals surface area contributed by atoms with Crippen LogP contribution in [0, 0.1) is 16.0 Å². The Labute approximate surface area is 149 Å². The first-order valence-corrected chi connectivity index (χ1v) is 8.02. The van der Waals surface area contributed by atoms with Crippen LogP contribution in [0.2, 0.25) is 0 Å². The van der Waals surface area contributed by atoms with Crippen molar-refractivity contribution < 1.29 is 9.72 Å². The third kappa shape index (κ3) is 3.92. The molecule has 2 aromatic carbocycles. The van der Waals surface area contributed by atoms with Gasteiger partial charge in [-0.15, -0.1) is 0 Å². The summed E-state index contributed by atoms with van der Waals surface area (Å²) in [6.07, 6.45) is 3.16. The van der Waals surface area contributed by atoms with Gasteiger partial charge in [-0.25, -0.2) is 10.4 Å². The van der Waals surface area contributed by atoms with E-state index in [9.17, 15) is 14.9 Å². The number of hydrogen-bond acceptors (Lipinski definition) is 5. The van der Waals surface area contributed by atoms with E-state index >= 15 is 0 Å². The van der Waals surface area contributed by atoms with Gasteiger partial charge in [0.1, 0.15) is 0 Å². The van der Waals surface area contributed by atoms with Gasteiger partial charge in [0.15, 0.2) is 0 Å². The Bertz CT molecular complexity index is 962. The Kier molecular flexibility index (Phi) is 5.02. The standard InChI is InChI=1S/C18H17N5O3/c1-13(11-22-12-19-16-4-2-3-5-17(16)22)18(24)21-20-10-14-6-8-15(9-7-14)23(25)26/h2-10,12-13H,11H2,1H3,(H,21,24)/b20-10+/t13-/m1/s1. The zero-order valence-corrected chi connectivity index (χ0v) is 14.1. The lowest BCUT2D eigenvalue weighted by atomic mass is 10.1. The lowest BCUT2D eigenvalue weighted by molar-refractivity contribution is -0.384. The first-order valence-electron chi connectivity index (χ1n) is 8.02. The molecule has 0 unspecified atom stereocenters. The molecule has 0 aliphatic rings. The average Bonchev–Trinajstić information content (AvgIpc) is 3.05. The van der Waals surface area contributed by atoms with E-state index in [0.717, 1.165) is 11.0 Å². The summed E-state index contributed by atoms with van der Waals surface area (Å²) in [5, 5.41) is 14.5. The molecule has 0 spiro atoms. The second-order valence-corrected chi connectivity index (χ2v) is 5.87. The van der Waals surface area contributed by atoms with Crippen LogP contribution in [-0.4, -0.2) is 26.6 Å². The van der Waals surface area contributed by atoms with Crippen LogP contribution < -0.4 is 5.43 Å². The summed E-state index contributed by atoms with van der Waals surface area (Å²) in [4.78, 5) is 26.6. The number of fused-ring (bicyclic) bond motifs is 1. The molecule has 3 rings (SSSR count). The molecular formula is C18H17N5O3. The number of hydrazone groups is 1. The van der Waals surface area contributed by atoms with Gasteiger partial charge in [0.2, 0.25) is 5.91 Å². The average molecular weight is 351 g/mol. The predicted octanol–water partition coefficient (Wildman–Crippen LogP) is 2.73. The summed E-state index contributed by atoms with van der Waals surface area (Å²) in [5.41, 5.74) is 5.01. The van der Waals surface area contributed by atoms with Crippen LogP contribution in [0.15, 0.2) is 60.0 Å². The summed E-state index contributed by atoms with van der Waals surface area (Å²) >= 11 is 0. The highest BCUT2D eigenvalue weighted by molar-refractivity contribution is 5.83. The quantitative estimate of drug-likeness (QED) is 0.419. The van der Waals surface area contributed by atoms with E-state index in [1.54, 1.807) is 18.5 Å². The molecule has 26 heavy (non-hydrogen) atoms. The minimum atomic E-state index is -0.468. The van der Waals surface area contributed by atoms with Crippen molar-refractivity contribution >= 4 is 28.8 Å². The lowest BCUT2D eigenvalue weighted by Crippen LogP contribution is -2.27. The van der Waals surface area contributed by atoms with Crippen molar-refractivity contribution in [2.75, 3.05) is 0 Å². The van der Waals surface area contributed by atoms with Crippen LogP contribution in [0.5, 0.6) is 0 Å². The summed E-state index contributed by atoms with van der Waals surface area (Å²) < 4.78 is 1.93. The summed E-state index contributed by atoms with van der Waals surface area (Å²) in [6, 6.07) is 13.6. The van der Waals surface area contributed by atoms with E-state index in [1.165, 1.54) is 18.3 Å². The molecule has 1 heterocycles. The molecule has 8 heteroatoms. The van der Waals surface area contributed by atoms with E-state index in [4.69, 9.17) is 0 Å². The maximum absolute atomic E-state index is 12.2. The van der Waals surface area contributed by atoms with Gasteiger partial charge in [-0.2, -0.15) is 5.10 Å². The fraction of sp³-hybridized carbons (Fsp3) is 0.167. The van der Waals surface area contributed by atoms with E-state index in [1.807, 2.05) is 35.8 Å². The van der Waals surface area contributed by atoms with Crippen molar-refractivity contribution in [3.8, 4) is 0 Å². The van der Waals surface area contributed by atoms with Crippen molar-refractivity contribution in [1.29, 1.82) is 0 Å². The van der Waals surface area contributed by atoms with Crippen LogP contribution in [0.25, 0.3) is 11.0 Å². The molecule has 8 nitrogen and oxygen atoms in total. The number of non-ortho nitro benzene ring substituents is 1. The highest BCUT2D eigenvalue weighted by atomic mass is 16.6. The molecule has 1 amide bonds. The smallest absolute Gasteiger partial charge is 0.269 e. The first kappa shape index (κ1) is 17.3. The Hall–Kier alpha value is -3.55. The van der Waals surface area contributed by atoms with Crippen LogP contribution in [-0.2, 0) is 11.3 Å². The lowest BCUT2D eigenvalue weighted by Gasteiger charge is -2.11. The Morgan fingerprint density at radius 2 is 2.04 bits per heavy atom. The summed E-state index contributed by atoms with van der Waals surface area (Å²) in [6.45, 7) is 2.30. The third-order valence-corrected chi connectivity index (χ3v) is 3.94. The molecule has 1 aromatic heterocycles. The first-order chi connectivity index (χ1) is 12.5. The topological polar surface area (TPSA) is 102 Å². The monoisotopic (exact) mass is 351 g/mol. The maximum atomic E-state index is 12.2. The number of carbonyl (C=O) groups is 1. The number of hydrogen-bond donors (Lipinski definition) is 1. The molecule has 0 radical (unpaired) electrons. The zero-order chi connectivity index (χ0) is 18.5. The van der Waals surface area contributed by atoms with Crippen LogP contribution in [0.4, 0.5) is 5.69 Å². The fourth-order valence-electron chi connectivity index (χ4n) is 2.50. The third-order valence-electron chi connectivity index (χ3n) is 3.94. The SMILES string of the molecule is C[C@H](Cn1cnc2ccccc21)C(=O)N/N=C/c1ccc([N+](=O)[O-])cc1. The second-order valence-electron chi connectivity index (χ2n) is 5.87. The molecule has 0 fully saturated rings. The molecule has 132 valence electrons. The van der Waals surface area contributed by atoms with Gasteiger partial charge in [-0.05, 0) is 29.8 Å². The number of rotatable bonds is 6. The molecule has 1 atom stereocenters. The van der Waals surface area contributed by atoms with Gasteiger partial charge >= 0.3 is 0 Å². The second kappa shape index (κ2) is 7.56. The zero-order valence-electron chi connectivity index (χ0n) is 14.1. The number of nitrogens with zero attached hydrogens (tertiary/aromatic N) is 4. The molecule has 0 aliphatic heterocycles. The number of amides is 1. The molecule has 1 N–H and O–H groups in total. The van der Waals surface area contributed by atoms with E-state index in [2.05, 4.69) is 15.5 Å². The Balaban J connectivity index is 1.58. The molecule has 0 bridgehead atoms. The Morgan fingerprint density at radius 1 is 1.31 bits per heavy atom. The number of aromatic nitrogens is 2. The van der Waals surface area contributed by atoms with Gasteiger partial charge in [0, 0.05) is 18.7 Å². The number of nitro benzene ring substituents is 1. The minimum absolute atomic E-state index is 0.00682. The van der Waals surface area contributed by atoms with Gasteiger partial charge < -0.3 is 4.57 Å². The molecule has 0 saturated carbocycles. The van der Waals surface area contributed by atoms with Crippen molar-refractivity contribution in [1.82, 2.24) is 15.0 Å². The Morgan fingerprint density at radius 3 is 2.77 bits per heavy atom. The number of benzene rings is 2. The van der Waals surface area contributed by atoms with Crippen LogP contribution >= 0.6 is 0 Å². The van der Waals surface area contributed by atoms with Gasteiger partial charge in [0.25, 0.3) is 5.69 Å². The minimum Gasteiger partial charge on any atom is -0.330 e. The maximum Gasteiger partial charge on any atom is 0.269 e. The van der Waals surface area contributed by atoms with Crippen LogP contribution in [0.3, 0.4) is 0 Å². The summed E-state index contributed by atoms with van der Waals surface area (Å²) in [7, 11) is 0. The number of para-hydroxylation sites is 2. The fourth-order valence-corrected chi connectivity index (χ4v) is 2.50. The normalized spacial score (nSPS) is 12.3. The van der Waals surface area contributed by atoms with E-state index in [0.29, 0.717) is 12.1 Å².